The Bertz CT molecular complexity index is 2300. The van der Waals surface area contributed by atoms with Gasteiger partial charge in [0.2, 0.25) is 0 Å². The largest absolute Gasteiger partial charge is 0.508 e. The second-order valence-electron chi connectivity index (χ2n) is 15.4. The van der Waals surface area contributed by atoms with Crippen LogP contribution in [0.2, 0.25) is 0 Å². The number of nitrogens with one attached hydrogen (secondary N) is 1. The number of urea groups is 1. The number of phenols is 1. The Morgan fingerprint density at radius 1 is 1.02 bits per heavy atom. The second kappa shape index (κ2) is 16.0. The van der Waals surface area contributed by atoms with Gasteiger partial charge in [0.05, 0.1) is 29.6 Å². The molecule has 2 atom stereocenters. The molecule has 2 unspecified atom stereocenters. The molecule has 2 amide bonds. The average molecular weight is 808 g/mol. The number of anilines is 1. The number of piperidine rings is 1. The van der Waals surface area contributed by atoms with Gasteiger partial charge in [-0.2, -0.15) is 23.1 Å². The molecule has 7 rings (SSSR count). The van der Waals surface area contributed by atoms with E-state index in [2.05, 4.69) is 26.7 Å². The van der Waals surface area contributed by atoms with Gasteiger partial charge in [-0.15, -0.1) is 12.8 Å². The Labute approximate surface area is 332 Å². The van der Waals surface area contributed by atoms with Crippen LogP contribution in [0, 0.1) is 41.7 Å². The highest BCUT2D eigenvalue weighted by Crippen LogP contribution is 2.47. The Hall–Kier alpha value is -5.48. The van der Waals surface area contributed by atoms with Gasteiger partial charge in [-0.25, -0.2) is 22.9 Å². The number of carbonyl (C=O) groups excluding carboxylic acids is 1. The molecule has 2 saturated heterocycles. The molecule has 2 N–H and O–H groups in total. The minimum Gasteiger partial charge on any atom is -0.508 e. The van der Waals surface area contributed by atoms with E-state index >= 15 is 8.78 Å². The fraction of sp³-hybridized carbons (Fsp3) is 0.476. The molecule has 2 aliphatic heterocycles. The highest BCUT2D eigenvalue weighted by atomic mass is 19.4. The molecular formula is C42H43F6N7O3. The molecule has 2 aromatic heterocycles. The van der Waals surface area contributed by atoms with Crippen LogP contribution in [-0.4, -0.2) is 106 Å². The molecule has 4 heterocycles. The van der Waals surface area contributed by atoms with Gasteiger partial charge in [0.1, 0.15) is 47.0 Å². The van der Waals surface area contributed by atoms with E-state index in [0.717, 1.165) is 18.9 Å². The molecule has 1 aliphatic carbocycles. The fourth-order valence-corrected chi connectivity index (χ4v) is 8.22. The number of alkyl halides is 4. The third-order valence-corrected chi connectivity index (χ3v) is 11.4. The van der Waals surface area contributed by atoms with Crippen molar-refractivity contribution < 1.29 is 41.0 Å². The molecule has 4 aromatic rings. The summed E-state index contributed by atoms with van der Waals surface area (Å²) >= 11 is 0. The van der Waals surface area contributed by atoms with Crippen LogP contribution >= 0.6 is 0 Å². The Morgan fingerprint density at radius 2 is 1.71 bits per heavy atom. The molecule has 16 heteroatoms. The molecule has 0 spiro atoms. The number of hydrogen-bond acceptors (Lipinski definition) is 8. The first kappa shape index (κ1) is 40.7. The van der Waals surface area contributed by atoms with Crippen molar-refractivity contribution in [3.63, 3.8) is 0 Å². The number of carbonyl (C=O) groups is 1. The van der Waals surface area contributed by atoms with Crippen molar-refractivity contribution >= 4 is 33.5 Å². The highest BCUT2D eigenvalue weighted by Gasteiger charge is 2.46. The molecule has 306 valence electrons. The molecule has 3 aliphatic rings. The lowest BCUT2D eigenvalue weighted by molar-refractivity contribution is -0.123. The summed E-state index contributed by atoms with van der Waals surface area (Å²) in [5, 5.41) is 13.2. The van der Waals surface area contributed by atoms with E-state index in [4.69, 9.17) is 22.6 Å². The van der Waals surface area contributed by atoms with Crippen molar-refractivity contribution in [3.05, 3.63) is 47.2 Å². The number of likely N-dealkylation sites (tertiary alicyclic amines) is 1. The number of phenolic OH excluding ortho intramolecular Hbond substituents is 1. The monoisotopic (exact) mass is 807 g/mol. The van der Waals surface area contributed by atoms with Crippen molar-refractivity contribution in [1.29, 1.82) is 0 Å². The molecular weight excluding hydrogens is 764 g/mol. The second-order valence-corrected chi connectivity index (χ2v) is 15.4. The number of amides is 2. The Kier molecular flexibility index (Phi) is 11.3. The summed E-state index contributed by atoms with van der Waals surface area (Å²) in [4.78, 5) is 32.5. The topological polar surface area (TPSA) is 107 Å². The van der Waals surface area contributed by atoms with Gasteiger partial charge in [-0.1, -0.05) is 25.8 Å². The van der Waals surface area contributed by atoms with Crippen LogP contribution in [0.1, 0.15) is 63.6 Å². The van der Waals surface area contributed by atoms with Crippen LogP contribution in [0.25, 0.3) is 32.9 Å². The first-order chi connectivity index (χ1) is 27.7. The average Bonchev–Trinajstić information content (AvgIpc) is 3.98. The van der Waals surface area contributed by atoms with Crippen LogP contribution < -0.4 is 15.0 Å². The van der Waals surface area contributed by atoms with Gasteiger partial charge in [-0.3, -0.25) is 0 Å². The van der Waals surface area contributed by atoms with Crippen LogP contribution in [0.15, 0.2) is 24.3 Å². The van der Waals surface area contributed by atoms with Crippen molar-refractivity contribution in [3.8, 4) is 47.7 Å². The van der Waals surface area contributed by atoms with Crippen LogP contribution in [0.3, 0.4) is 0 Å². The van der Waals surface area contributed by atoms with Gasteiger partial charge in [-0.05, 0) is 68.0 Å². The zero-order valence-corrected chi connectivity index (χ0v) is 32.1. The van der Waals surface area contributed by atoms with Crippen LogP contribution in [0.4, 0.5) is 37.0 Å². The van der Waals surface area contributed by atoms with Crippen LogP contribution in [-0.2, 0) is 0 Å². The van der Waals surface area contributed by atoms with E-state index in [1.54, 1.807) is 18.7 Å². The lowest BCUT2D eigenvalue weighted by Crippen LogP contribution is -2.63. The van der Waals surface area contributed by atoms with E-state index in [0.29, 0.717) is 50.7 Å². The standard InChI is InChI=1S/C42H43F6N7O3/c1-5-26-19-54(20-27(6-2)55(26)40(57)49-21-42(46,47)48)38-34-32(8-4)50-36(30-18-28(56)17-24-9-10-31(44)29(7-3)33(24)30)35(45)37(34)51-39(52-38)58-23-41(13-14-41)22-53-15-11-25(43)12-16-53/h3-4,9-10,17-18,25-27,56H,5-6,11-16,19-23H2,1-2H3,(H,49,57). The predicted molar refractivity (Wildman–Crippen MR) is 207 cm³/mol. The number of terminal acetylenes is 2. The third kappa shape index (κ3) is 8.12. The van der Waals surface area contributed by atoms with Crippen molar-refractivity contribution in [1.82, 2.24) is 30.1 Å². The Balaban J connectivity index is 1.35. The summed E-state index contributed by atoms with van der Waals surface area (Å²) in [7, 11) is 0. The molecule has 0 radical (unpaired) electrons. The van der Waals surface area contributed by atoms with Gasteiger partial charge in [0, 0.05) is 49.1 Å². The van der Waals surface area contributed by atoms with Gasteiger partial charge in [0.15, 0.2) is 5.82 Å². The summed E-state index contributed by atoms with van der Waals surface area (Å²) in [6.45, 7) is 4.39. The normalized spacial score (nSPS) is 19.9. The maximum atomic E-state index is 17.3. The van der Waals surface area contributed by atoms with Crippen molar-refractivity contribution in [2.75, 3.05) is 50.8 Å². The zero-order chi connectivity index (χ0) is 41.5. The number of aromatic hydroxyl groups is 1. The van der Waals surface area contributed by atoms with E-state index in [-0.39, 0.29) is 81.5 Å². The van der Waals surface area contributed by atoms with Gasteiger partial charge in [0.25, 0.3) is 0 Å². The molecule has 0 bridgehead atoms. The maximum absolute atomic E-state index is 17.3. The number of hydrogen-bond donors (Lipinski definition) is 2. The number of benzene rings is 2. The van der Waals surface area contributed by atoms with E-state index in [9.17, 15) is 27.5 Å². The van der Waals surface area contributed by atoms with Crippen molar-refractivity contribution in [2.45, 2.75) is 76.8 Å². The number of rotatable bonds is 10. The first-order valence-electron chi connectivity index (χ1n) is 19.3. The summed E-state index contributed by atoms with van der Waals surface area (Å²) < 4.78 is 91.9. The van der Waals surface area contributed by atoms with Crippen molar-refractivity contribution in [2.24, 2.45) is 5.41 Å². The zero-order valence-electron chi connectivity index (χ0n) is 32.1. The fourth-order valence-electron chi connectivity index (χ4n) is 8.22. The number of ether oxygens (including phenoxy) is 1. The summed E-state index contributed by atoms with van der Waals surface area (Å²) in [6, 6.07) is 2.88. The molecule has 3 fully saturated rings. The highest BCUT2D eigenvalue weighted by molar-refractivity contribution is 6.04. The SMILES string of the molecule is C#Cc1c(F)ccc2cc(O)cc(-c3nc(C#C)c4c(N5CC(CC)N(C(=O)NCC(F)(F)F)C(CC)C5)nc(OCC5(CN6CCC(F)CC6)CC5)nc4c3F)c12. The van der Waals surface area contributed by atoms with Gasteiger partial charge >= 0.3 is 18.2 Å². The number of fused-ring (bicyclic) bond motifs is 2. The molecule has 2 aromatic carbocycles. The van der Waals surface area contributed by atoms with Gasteiger partial charge < -0.3 is 29.9 Å². The molecule has 58 heavy (non-hydrogen) atoms. The number of piperazine rings is 1. The van der Waals surface area contributed by atoms with E-state index < -0.39 is 48.6 Å². The van der Waals surface area contributed by atoms with Crippen LogP contribution in [0.5, 0.6) is 11.8 Å². The van der Waals surface area contributed by atoms with E-state index in [1.807, 2.05) is 5.32 Å². The smallest absolute Gasteiger partial charge is 0.405 e. The lowest BCUT2D eigenvalue weighted by Gasteiger charge is -2.47. The van der Waals surface area contributed by atoms with E-state index in [1.165, 1.54) is 23.1 Å². The summed E-state index contributed by atoms with van der Waals surface area (Å²) in [5.41, 5.74) is -1.20. The number of nitrogens with zero attached hydrogens (tertiary/aromatic N) is 6. The summed E-state index contributed by atoms with van der Waals surface area (Å²) in [6.07, 6.45) is 9.69. The Morgan fingerprint density at radius 3 is 2.31 bits per heavy atom. The molecule has 10 nitrogen and oxygen atoms in total. The minimum atomic E-state index is -4.61. The molecule has 1 saturated carbocycles. The lowest BCUT2D eigenvalue weighted by atomic mass is 9.95. The quantitative estimate of drug-likeness (QED) is 0.127. The first-order valence-corrected chi connectivity index (χ1v) is 19.3. The number of pyridine rings is 1. The number of halogens is 6. The maximum Gasteiger partial charge on any atom is 0.405 e. The number of aromatic nitrogens is 3. The minimum absolute atomic E-state index is 0.0365. The third-order valence-electron chi connectivity index (χ3n) is 11.4. The predicted octanol–water partition coefficient (Wildman–Crippen LogP) is 7.34. The summed E-state index contributed by atoms with van der Waals surface area (Å²) in [5.74, 6) is 2.98.